The summed E-state index contributed by atoms with van der Waals surface area (Å²) in [5, 5.41) is 2.85. The van der Waals surface area contributed by atoms with Gasteiger partial charge in [0.25, 0.3) is 0 Å². The maximum Gasteiger partial charge on any atom is 0.212 e. The third kappa shape index (κ3) is 3.07. The van der Waals surface area contributed by atoms with Gasteiger partial charge in [0, 0.05) is 39.5 Å². The Bertz CT molecular complexity index is 953. The molecule has 3 aromatic carbocycles. The van der Waals surface area contributed by atoms with Crippen molar-refractivity contribution in [2.45, 2.75) is 4.90 Å². The van der Waals surface area contributed by atoms with Crippen LogP contribution in [-0.2, 0) is 4.57 Å². The fourth-order valence-corrected chi connectivity index (χ4v) is 5.83. The lowest BCUT2D eigenvalue weighted by atomic mass is 9.92. The van der Waals surface area contributed by atoms with Crippen molar-refractivity contribution < 1.29 is 4.57 Å². The Morgan fingerprint density at radius 2 is 1.42 bits per heavy atom. The van der Waals surface area contributed by atoms with Gasteiger partial charge in [-0.15, -0.1) is 10.5 Å². The summed E-state index contributed by atoms with van der Waals surface area (Å²) in [4.78, 5) is 3.25. The van der Waals surface area contributed by atoms with Gasteiger partial charge >= 0.3 is 0 Å². The molecule has 0 amide bonds. The Labute approximate surface area is 162 Å². The molecular formula is C21H17ClNOPS. The Morgan fingerprint density at radius 1 is 0.885 bits per heavy atom. The van der Waals surface area contributed by atoms with Crippen LogP contribution in [0.3, 0.4) is 0 Å². The number of benzene rings is 3. The van der Waals surface area contributed by atoms with Crippen LogP contribution in [0.25, 0.3) is 5.57 Å². The van der Waals surface area contributed by atoms with Crippen molar-refractivity contribution in [2.75, 3.05) is 11.9 Å². The van der Waals surface area contributed by atoms with Gasteiger partial charge in [0.15, 0.2) is 0 Å². The molecule has 0 aliphatic carbocycles. The Hall–Kier alpha value is -2.06. The number of anilines is 2. The molecule has 4 rings (SSSR count). The molecule has 1 aliphatic heterocycles. The summed E-state index contributed by atoms with van der Waals surface area (Å²) < 4.78 is 12.0. The topological polar surface area (TPSA) is 20.3 Å². The van der Waals surface area contributed by atoms with Crippen molar-refractivity contribution in [3.05, 3.63) is 94.4 Å². The monoisotopic (exact) mass is 397 g/mol. The van der Waals surface area contributed by atoms with Crippen LogP contribution in [0.2, 0.25) is 5.02 Å². The van der Waals surface area contributed by atoms with E-state index in [1.165, 1.54) is 11.1 Å². The second-order valence-electron chi connectivity index (χ2n) is 6.04. The van der Waals surface area contributed by atoms with Crippen LogP contribution in [0.1, 0.15) is 11.1 Å². The van der Waals surface area contributed by atoms with Crippen LogP contribution in [0, 0.1) is 0 Å². The zero-order chi connectivity index (χ0) is 18.1. The molecule has 1 heterocycles. The summed E-state index contributed by atoms with van der Waals surface area (Å²) >= 11 is 6.01. The van der Waals surface area contributed by atoms with Crippen LogP contribution >= 0.6 is 29.8 Å². The molecule has 0 saturated heterocycles. The van der Waals surface area contributed by atoms with Gasteiger partial charge in [-0.25, -0.2) is 0 Å². The molecule has 0 fully saturated rings. The van der Waals surface area contributed by atoms with E-state index in [-0.39, 0.29) is 7.66 Å². The molecule has 1 aliphatic rings. The summed E-state index contributed by atoms with van der Waals surface area (Å²) in [6.07, 6.45) is 0. The number of hydrogen-bond acceptors (Lipinski definition) is 2. The molecule has 26 heavy (non-hydrogen) atoms. The van der Waals surface area contributed by atoms with Gasteiger partial charge < -0.3 is 4.90 Å². The predicted octanol–water partition coefficient (Wildman–Crippen LogP) is 7.08. The highest BCUT2D eigenvalue weighted by Gasteiger charge is 2.24. The van der Waals surface area contributed by atoms with Gasteiger partial charge in [-0.2, -0.15) is 0 Å². The molecule has 130 valence electrons. The average molecular weight is 398 g/mol. The molecule has 2 nitrogen and oxygen atoms in total. The number of rotatable bonds is 3. The maximum absolute atomic E-state index is 12.0. The highest BCUT2D eigenvalue weighted by molar-refractivity contribution is 8.59. The molecule has 3 aromatic rings. The normalized spacial score (nSPS) is 14.6. The van der Waals surface area contributed by atoms with E-state index in [9.17, 15) is 4.57 Å². The Morgan fingerprint density at radius 3 is 1.96 bits per heavy atom. The summed E-state index contributed by atoms with van der Waals surface area (Å²) in [7, 11) is 1.24. The molecule has 5 heteroatoms. The maximum atomic E-state index is 12.0. The average Bonchev–Trinajstić information content (AvgIpc) is 2.69. The van der Waals surface area contributed by atoms with Gasteiger partial charge in [-0.1, -0.05) is 48.0 Å². The van der Waals surface area contributed by atoms with E-state index < -0.39 is 10.5 Å². The van der Waals surface area contributed by atoms with Crippen molar-refractivity contribution in [2.24, 2.45) is 0 Å². The van der Waals surface area contributed by atoms with Gasteiger partial charge in [0.1, 0.15) is 0 Å². The van der Waals surface area contributed by atoms with E-state index in [1.54, 1.807) is 0 Å². The summed E-state index contributed by atoms with van der Waals surface area (Å²) in [6, 6.07) is 24.3. The van der Waals surface area contributed by atoms with E-state index in [2.05, 4.69) is 53.8 Å². The highest BCUT2D eigenvalue weighted by Crippen LogP contribution is 2.53. The number of nitrogens with zero attached hydrogens (tertiary/aromatic N) is 1. The van der Waals surface area contributed by atoms with E-state index in [0.717, 1.165) is 21.8 Å². The van der Waals surface area contributed by atoms with Crippen molar-refractivity contribution in [1.29, 1.82) is 0 Å². The smallest absolute Gasteiger partial charge is 0.212 e. The molecule has 1 unspecified atom stereocenters. The molecule has 0 spiro atoms. The van der Waals surface area contributed by atoms with Crippen LogP contribution < -0.4 is 4.90 Å². The SMILES string of the molecule is CN1c2ccccc2C(=C[SH](P=O)c2ccc(Cl)cc2)c2ccccc21. The summed E-state index contributed by atoms with van der Waals surface area (Å²) in [6.45, 7) is 0. The van der Waals surface area contributed by atoms with Gasteiger partial charge in [-0.3, -0.25) is 4.57 Å². The number of fused-ring (bicyclic) bond motifs is 2. The molecule has 1 atom stereocenters. The van der Waals surface area contributed by atoms with Crippen molar-refractivity contribution >= 4 is 46.7 Å². The number of thiol groups is 1. The van der Waals surface area contributed by atoms with E-state index in [4.69, 9.17) is 11.6 Å². The fourth-order valence-electron chi connectivity index (χ4n) is 3.26. The lowest BCUT2D eigenvalue weighted by Crippen LogP contribution is -2.17. The first-order valence-corrected chi connectivity index (χ1v) is 11.5. The van der Waals surface area contributed by atoms with Crippen molar-refractivity contribution in [3.8, 4) is 0 Å². The molecule has 0 saturated carbocycles. The van der Waals surface area contributed by atoms with Crippen molar-refractivity contribution in [1.82, 2.24) is 0 Å². The third-order valence-corrected chi connectivity index (χ3v) is 7.87. The van der Waals surface area contributed by atoms with Gasteiger partial charge in [-0.05, 0) is 47.4 Å². The standard InChI is InChI=1S/C21H17ClNOPS/c1-23-20-8-4-2-6-17(20)19(18-7-3-5-9-21(18)23)14-26(25-24)16-12-10-15(22)11-13-16/h2-14,26H,1H3. The molecule has 0 aromatic heterocycles. The molecule has 0 N–H and O–H groups in total. The highest BCUT2D eigenvalue weighted by atomic mass is 35.5. The third-order valence-electron chi connectivity index (χ3n) is 4.54. The first-order valence-electron chi connectivity index (χ1n) is 8.21. The van der Waals surface area contributed by atoms with Gasteiger partial charge in [0.2, 0.25) is 7.66 Å². The van der Waals surface area contributed by atoms with E-state index >= 15 is 0 Å². The number of hydrogen-bond donors (Lipinski definition) is 1. The zero-order valence-corrected chi connectivity index (χ0v) is 16.7. The van der Waals surface area contributed by atoms with Crippen molar-refractivity contribution in [3.63, 3.8) is 0 Å². The lowest BCUT2D eigenvalue weighted by Gasteiger charge is -2.32. The van der Waals surface area contributed by atoms with E-state index in [0.29, 0.717) is 5.02 Å². The Balaban J connectivity index is 1.90. The molecule has 0 bridgehead atoms. The minimum atomic E-state index is -0.975. The predicted molar refractivity (Wildman–Crippen MR) is 114 cm³/mol. The van der Waals surface area contributed by atoms with Gasteiger partial charge in [0.05, 0.1) is 0 Å². The summed E-state index contributed by atoms with van der Waals surface area (Å²) in [5.41, 5.74) is 5.79. The van der Waals surface area contributed by atoms with Crippen LogP contribution in [0.4, 0.5) is 11.4 Å². The minimum absolute atomic E-state index is 0.126. The van der Waals surface area contributed by atoms with Crippen LogP contribution in [0.15, 0.2) is 83.1 Å². The molecule has 0 radical (unpaired) electrons. The quantitative estimate of drug-likeness (QED) is 0.376. The number of para-hydroxylation sites is 2. The Kier molecular flexibility index (Phi) is 4.86. The van der Waals surface area contributed by atoms with Crippen LogP contribution in [0.5, 0.6) is 0 Å². The second kappa shape index (κ2) is 7.28. The second-order valence-corrected chi connectivity index (χ2v) is 9.88. The molecular weight excluding hydrogens is 381 g/mol. The largest absolute Gasteiger partial charge is 0.344 e. The van der Waals surface area contributed by atoms with Crippen LogP contribution in [-0.4, -0.2) is 7.05 Å². The lowest BCUT2D eigenvalue weighted by molar-refractivity contribution is 0.605. The first kappa shape index (κ1) is 17.4. The fraction of sp³-hybridized carbons (Fsp3) is 0.0476. The zero-order valence-electron chi connectivity index (χ0n) is 14.1. The number of halogens is 1. The summed E-state index contributed by atoms with van der Waals surface area (Å²) in [5.74, 6) is 0. The minimum Gasteiger partial charge on any atom is -0.344 e. The van der Waals surface area contributed by atoms with E-state index in [1.807, 2.05) is 36.4 Å². The first-order chi connectivity index (χ1) is 12.7.